The summed E-state index contributed by atoms with van der Waals surface area (Å²) in [6, 6.07) is 0.556. The second kappa shape index (κ2) is 11.6. The van der Waals surface area contributed by atoms with Crippen molar-refractivity contribution in [2.45, 2.75) is 55.5 Å². The van der Waals surface area contributed by atoms with E-state index in [9.17, 15) is 30.7 Å². The number of halogens is 9. The number of piperidine rings is 1. The summed E-state index contributed by atoms with van der Waals surface area (Å²) in [5.74, 6) is -5.97. The molecule has 0 unspecified atom stereocenters. The Labute approximate surface area is 268 Å². The molecule has 1 aromatic carbocycles. The fourth-order valence-electron chi connectivity index (χ4n) is 7.86. The average molecular weight is 688 g/mol. The zero-order valence-corrected chi connectivity index (χ0v) is 25.3. The first-order valence-corrected chi connectivity index (χ1v) is 15.5. The van der Waals surface area contributed by atoms with Gasteiger partial charge in [-0.3, -0.25) is 4.90 Å². The molecule has 0 amide bonds. The monoisotopic (exact) mass is 687 g/mol. The Morgan fingerprint density at radius 3 is 2.58 bits per heavy atom. The van der Waals surface area contributed by atoms with Crippen molar-refractivity contribution < 1.29 is 44.3 Å². The molecule has 2 bridgehead atoms. The van der Waals surface area contributed by atoms with Gasteiger partial charge in [0.15, 0.2) is 5.82 Å². The number of hydrogen-bond acceptors (Lipinski definition) is 8. The van der Waals surface area contributed by atoms with Crippen LogP contribution in [0.5, 0.6) is 6.01 Å². The summed E-state index contributed by atoms with van der Waals surface area (Å²) in [5.41, 5.74) is -1.85. The van der Waals surface area contributed by atoms with Crippen LogP contribution in [-0.4, -0.2) is 76.4 Å². The van der Waals surface area contributed by atoms with Crippen molar-refractivity contribution in [1.82, 2.24) is 25.2 Å². The summed E-state index contributed by atoms with van der Waals surface area (Å²) >= 11 is 0. The van der Waals surface area contributed by atoms with Crippen molar-refractivity contribution in [3.05, 3.63) is 47.3 Å². The minimum atomic E-state index is -5.41. The first kappa shape index (κ1) is 32.7. The first-order chi connectivity index (χ1) is 22.7. The highest BCUT2D eigenvalue weighted by atomic mass is 19.4. The average Bonchev–Trinajstić information content (AvgIpc) is 3.37. The molecular formula is C31H30F9N7O. The predicted octanol–water partition coefficient (Wildman–Crippen LogP) is 6.00. The highest BCUT2D eigenvalue weighted by Crippen LogP contribution is 2.44. The van der Waals surface area contributed by atoms with Gasteiger partial charge in [0.25, 0.3) is 6.08 Å². The third-order valence-corrected chi connectivity index (χ3v) is 9.96. The van der Waals surface area contributed by atoms with Crippen molar-refractivity contribution >= 4 is 22.5 Å². The largest absolute Gasteiger partial charge is 0.461 e. The Morgan fingerprint density at radius 1 is 1.08 bits per heavy atom. The number of rotatable bonds is 6. The number of alkyl halides is 4. The zero-order valence-electron chi connectivity index (χ0n) is 25.3. The van der Waals surface area contributed by atoms with Crippen molar-refractivity contribution in [3.8, 4) is 17.3 Å². The Balaban J connectivity index is 1.40. The lowest BCUT2D eigenvalue weighted by Gasteiger charge is -2.35. The Kier molecular flexibility index (Phi) is 7.92. The molecule has 5 aliphatic rings. The molecule has 3 N–H and O–H groups in total. The second-order valence-corrected chi connectivity index (χ2v) is 13.1. The first-order valence-electron chi connectivity index (χ1n) is 15.5. The molecule has 7 heterocycles. The van der Waals surface area contributed by atoms with Gasteiger partial charge >= 0.3 is 12.2 Å². The number of nitrogen functional groups attached to an aromatic ring is 1. The van der Waals surface area contributed by atoms with Crippen LogP contribution < -0.4 is 20.7 Å². The lowest BCUT2D eigenvalue weighted by Crippen LogP contribution is -2.52. The van der Waals surface area contributed by atoms with Gasteiger partial charge in [0.05, 0.1) is 22.3 Å². The summed E-state index contributed by atoms with van der Waals surface area (Å²) in [4.78, 5) is 15.6. The van der Waals surface area contributed by atoms with Gasteiger partial charge in [0, 0.05) is 50.1 Å². The summed E-state index contributed by atoms with van der Waals surface area (Å²) in [6.07, 6.45) is -5.19. The van der Waals surface area contributed by atoms with Gasteiger partial charge in [-0.1, -0.05) is 0 Å². The molecular weight excluding hydrogens is 657 g/mol. The van der Waals surface area contributed by atoms with E-state index < -0.39 is 81.1 Å². The molecule has 5 aliphatic heterocycles. The number of nitrogens with zero attached hydrogens (tertiary/aromatic N) is 5. The van der Waals surface area contributed by atoms with E-state index in [0.29, 0.717) is 44.5 Å². The van der Waals surface area contributed by atoms with Gasteiger partial charge < -0.3 is 20.7 Å². The van der Waals surface area contributed by atoms with Crippen molar-refractivity contribution in [2.24, 2.45) is 5.92 Å². The fourth-order valence-corrected chi connectivity index (χ4v) is 7.86. The molecule has 258 valence electrons. The number of ether oxygens (including phenoxy) is 1. The minimum Gasteiger partial charge on any atom is -0.461 e. The third-order valence-electron chi connectivity index (χ3n) is 9.96. The number of hydrogen-bond donors (Lipinski definition) is 2. The molecule has 48 heavy (non-hydrogen) atoms. The van der Waals surface area contributed by atoms with Crippen molar-refractivity contribution in [3.63, 3.8) is 0 Å². The lowest BCUT2D eigenvalue weighted by atomic mass is 9.86. The number of anilines is 2. The van der Waals surface area contributed by atoms with Gasteiger partial charge in [-0.05, 0) is 44.2 Å². The zero-order chi connectivity index (χ0) is 34.2. The van der Waals surface area contributed by atoms with E-state index in [2.05, 4.69) is 20.3 Å². The number of nitrogens with two attached hydrogens (primary N) is 1. The molecule has 2 aromatic heterocycles. The van der Waals surface area contributed by atoms with Crippen LogP contribution in [0.15, 0.2) is 24.3 Å². The SMILES string of the molecule is Nc1cc(F)c(C(F)(F)F)c(-c2c(F)cc3c(N4C[C@@H]5CC[C@@](C=C(F)F)(C4)NC5)nc(OC[C@@]45CCCN4C[C@H](F)C5)nc3c2F)n1. The quantitative estimate of drug-likeness (QED) is 0.305. The summed E-state index contributed by atoms with van der Waals surface area (Å²) in [5, 5.41) is 2.85. The van der Waals surface area contributed by atoms with Crippen LogP contribution in [0.1, 0.15) is 37.7 Å². The molecule has 17 heteroatoms. The van der Waals surface area contributed by atoms with Gasteiger partial charge in [0.1, 0.15) is 47.1 Å². The summed E-state index contributed by atoms with van der Waals surface area (Å²) in [7, 11) is 0. The van der Waals surface area contributed by atoms with E-state index >= 15 is 8.78 Å². The number of aromatic nitrogens is 3. The van der Waals surface area contributed by atoms with E-state index in [1.165, 1.54) is 0 Å². The molecule has 4 atom stereocenters. The van der Waals surface area contributed by atoms with E-state index in [1.807, 2.05) is 4.90 Å². The van der Waals surface area contributed by atoms with Crippen LogP contribution in [-0.2, 0) is 6.18 Å². The molecule has 5 fully saturated rings. The Bertz CT molecular complexity index is 1790. The summed E-state index contributed by atoms with van der Waals surface area (Å²) in [6.45, 7) is 1.25. The van der Waals surface area contributed by atoms with Gasteiger partial charge in [-0.2, -0.15) is 31.9 Å². The standard InChI is InChI=1S/C31H30F9N7O/c32-16-8-30(3-1-5-47(30)12-16)14-48-28-44-25-17(27(45-28)46-11-15-2-4-29(13-46,42-10-15)9-20(35)36)6-18(33)22(24(25)37)26-23(31(38,39)40)19(34)7-21(41)43-26/h6-7,9,15-16,42H,1-5,8,10-14H2,(H2,41,43)/t15-,16-,29-,30+/m1/s1. The highest BCUT2D eigenvalue weighted by Gasteiger charge is 2.50. The van der Waals surface area contributed by atoms with Gasteiger partial charge in [-0.15, -0.1) is 0 Å². The topological polar surface area (TPSA) is 92.4 Å². The van der Waals surface area contributed by atoms with Crippen LogP contribution in [0.25, 0.3) is 22.2 Å². The Morgan fingerprint density at radius 2 is 1.88 bits per heavy atom. The number of nitrogens with one attached hydrogen (secondary N) is 1. The van der Waals surface area contributed by atoms with Gasteiger partial charge in [-0.25, -0.2) is 22.5 Å². The highest BCUT2D eigenvalue weighted by molar-refractivity contribution is 5.94. The van der Waals surface area contributed by atoms with Crippen molar-refractivity contribution in [2.75, 3.05) is 50.0 Å². The molecule has 0 radical (unpaired) electrons. The number of benzene rings is 1. The van der Waals surface area contributed by atoms with E-state index in [0.717, 1.165) is 12.5 Å². The van der Waals surface area contributed by atoms with E-state index in [-0.39, 0.29) is 49.8 Å². The molecule has 8 rings (SSSR count). The molecule has 8 nitrogen and oxygen atoms in total. The maximum Gasteiger partial charge on any atom is 0.421 e. The fraction of sp³-hybridized carbons (Fsp3) is 0.516. The number of pyridine rings is 1. The molecule has 0 aliphatic carbocycles. The molecule has 3 aromatic rings. The minimum absolute atomic E-state index is 0.0697. The predicted molar refractivity (Wildman–Crippen MR) is 157 cm³/mol. The smallest absolute Gasteiger partial charge is 0.421 e. The Hall–Kier alpha value is -3.86. The maximum atomic E-state index is 16.5. The van der Waals surface area contributed by atoms with E-state index in [1.54, 1.807) is 4.90 Å². The van der Waals surface area contributed by atoms with Crippen LogP contribution in [0.2, 0.25) is 0 Å². The third kappa shape index (κ3) is 5.67. The lowest BCUT2D eigenvalue weighted by molar-refractivity contribution is -0.139. The van der Waals surface area contributed by atoms with Crippen LogP contribution in [0.4, 0.5) is 51.1 Å². The molecule has 0 spiro atoms. The van der Waals surface area contributed by atoms with Crippen molar-refractivity contribution in [1.29, 1.82) is 0 Å². The van der Waals surface area contributed by atoms with Crippen LogP contribution >= 0.6 is 0 Å². The molecule has 0 saturated carbocycles. The summed E-state index contributed by atoms with van der Waals surface area (Å²) < 4.78 is 137. The number of fused-ring (bicyclic) bond motifs is 6. The van der Waals surface area contributed by atoms with Crippen LogP contribution in [0.3, 0.4) is 0 Å². The second-order valence-electron chi connectivity index (χ2n) is 13.1. The van der Waals surface area contributed by atoms with Crippen LogP contribution in [0, 0.1) is 23.4 Å². The maximum absolute atomic E-state index is 16.5. The van der Waals surface area contributed by atoms with Gasteiger partial charge in [0.2, 0.25) is 0 Å². The molecule has 5 saturated heterocycles. The normalized spacial score (nSPS) is 27.4. The van der Waals surface area contributed by atoms with E-state index in [4.69, 9.17) is 10.5 Å².